The molecule has 0 aliphatic rings. The number of hydrogen-bond donors (Lipinski definition) is 1. The SMILES string of the molecule is Cn1c(-c2ccccc2)c(C=NNc2ccc([N+](=O)[O-])cc2[N+](=O)[O-])c2ccccc21. The molecule has 4 aromatic rings. The van der Waals surface area contributed by atoms with Crippen LogP contribution in [0.25, 0.3) is 22.2 Å². The highest BCUT2D eigenvalue weighted by molar-refractivity contribution is 6.06. The van der Waals surface area contributed by atoms with Crippen LogP contribution in [-0.2, 0) is 7.05 Å². The van der Waals surface area contributed by atoms with E-state index in [9.17, 15) is 20.2 Å². The van der Waals surface area contributed by atoms with E-state index < -0.39 is 15.5 Å². The highest BCUT2D eigenvalue weighted by Gasteiger charge is 2.19. The van der Waals surface area contributed by atoms with Gasteiger partial charge >= 0.3 is 5.69 Å². The molecule has 1 aromatic heterocycles. The van der Waals surface area contributed by atoms with Gasteiger partial charge in [-0.1, -0.05) is 48.5 Å². The van der Waals surface area contributed by atoms with E-state index in [1.165, 1.54) is 12.1 Å². The summed E-state index contributed by atoms with van der Waals surface area (Å²) >= 11 is 0. The molecule has 9 heteroatoms. The topological polar surface area (TPSA) is 116 Å². The number of para-hydroxylation sites is 1. The number of hydrazone groups is 1. The summed E-state index contributed by atoms with van der Waals surface area (Å²) in [6.45, 7) is 0. The molecule has 1 N–H and O–H groups in total. The van der Waals surface area contributed by atoms with Crippen molar-refractivity contribution < 1.29 is 9.85 Å². The van der Waals surface area contributed by atoms with Gasteiger partial charge in [0.25, 0.3) is 5.69 Å². The van der Waals surface area contributed by atoms with E-state index in [4.69, 9.17) is 0 Å². The molecule has 0 fully saturated rings. The third-order valence-electron chi connectivity index (χ3n) is 4.96. The van der Waals surface area contributed by atoms with Crippen LogP contribution < -0.4 is 5.43 Å². The van der Waals surface area contributed by atoms with Crippen molar-refractivity contribution >= 4 is 34.2 Å². The molecule has 0 aliphatic heterocycles. The average Bonchev–Trinajstić information content (AvgIpc) is 3.06. The van der Waals surface area contributed by atoms with Crippen LogP contribution in [0.3, 0.4) is 0 Å². The first kappa shape index (κ1) is 19.8. The summed E-state index contributed by atoms with van der Waals surface area (Å²) in [7, 11) is 1.97. The molecule has 0 aliphatic carbocycles. The van der Waals surface area contributed by atoms with E-state index >= 15 is 0 Å². The van der Waals surface area contributed by atoms with Gasteiger partial charge in [-0.05, 0) is 17.7 Å². The molecule has 0 atom stereocenters. The Kier molecular flexibility index (Phi) is 5.15. The molecule has 0 bridgehead atoms. The summed E-state index contributed by atoms with van der Waals surface area (Å²) in [4.78, 5) is 20.9. The number of anilines is 1. The third-order valence-corrected chi connectivity index (χ3v) is 4.96. The second-order valence-electron chi connectivity index (χ2n) is 6.79. The number of nitrogens with one attached hydrogen (secondary N) is 1. The van der Waals surface area contributed by atoms with Crippen molar-refractivity contribution in [3.8, 4) is 11.3 Å². The fourth-order valence-corrected chi connectivity index (χ4v) is 3.54. The largest absolute Gasteiger partial charge is 0.343 e. The monoisotopic (exact) mass is 415 g/mol. The number of aromatic nitrogens is 1. The number of rotatable bonds is 6. The first-order valence-corrected chi connectivity index (χ1v) is 9.32. The van der Waals surface area contributed by atoms with E-state index in [1.54, 1.807) is 6.21 Å². The highest BCUT2D eigenvalue weighted by Crippen LogP contribution is 2.32. The van der Waals surface area contributed by atoms with E-state index in [2.05, 4.69) is 15.1 Å². The molecule has 0 amide bonds. The van der Waals surface area contributed by atoms with Crippen molar-refractivity contribution in [1.82, 2.24) is 4.57 Å². The van der Waals surface area contributed by atoms with Gasteiger partial charge in [0.15, 0.2) is 0 Å². The number of nitro benzene ring substituents is 2. The van der Waals surface area contributed by atoms with Crippen LogP contribution in [-0.4, -0.2) is 20.6 Å². The van der Waals surface area contributed by atoms with Crippen molar-refractivity contribution in [3.63, 3.8) is 0 Å². The van der Waals surface area contributed by atoms with Crippen molar-refractivity contribution in [2.24, 2.45) is 12.1 Å². The summed E-state index contributed by atoms with van der Waals surface area (Å²) in [5.41, 5.74) is 5.76. The van der Waals surface area contributed by atoms with Gasteiger partial charge in [-0.25, -0.2) is 0 Å². The van der Waals surface area contributed by atoms with E-state index in [1.807, 2.05) is 61.6 Å². The lowest BCUT2D eigenvalue weighted by atomic mass is 10.1. The van der Waals surface area contributed by atoms with Crippen molar-refractivity contribution in [2.45, 2.75) is 0 Å². The molecule has 31 heavy (non-hydrogen) atoms. The summed E-state index contributed by atoms with van der Waals surface area (Å²) in [6, 6.07) is 21.1. The molecular weight excluding hydrogens is 398 g/mol. The zero-order valence-electron chi connectivity index (χ0n) is 16.4. The Balaban J connectivity index is 1.76. The Hall–Kier alpha value is -4.53. The fraction of sp³-hybridized carbons (Fsp3) is 0.0455. The number of nitro groups is 2. The van der Waals surface area contributed by atoms with Crippen molar-refractivity contribution in [3.05, 3.63) is 98.6 Å². The number of benzene rings is 3. The smallest absolute Gasteiger partial charge is 0.301 e. The molecule has 4 rings (SSSR count). The normalized spacial score (nSPS) is 11.1. The van der Waals surface area contributed by atoms with Gasteiger partial charge in [0.2, 0.25) is 0 Å². The Morgan fingerprint density at radius 3 is 2.35 bits per heavy atom. The lowest BCUT2D eigenvalue weighted by molar-refractivity contribution is -0.393. The minimum absolute atomic E-state index is 0.0633. The zero-order chi connectivity index (χ0) is 22.0. The Morgan fingerprint density at radius 1 is 0.935 bits per heavy atom. The fourth-order valence-electron chi connectivity index (χ4n) is 3.54. The lowest BCUT2D eigenvalue weighted by Gasteiger charge is -2.06. The number of hydrogen-bond acceptors (Lipinski definition) is 6. The maximum Gasteiger partial charge on any atom is 0.301 e. The number of nitrogens with zero attached hydrogens (tertiary/aromatic N) is 4. The van der Waals surface area contributed by atoms with Gasteiger partial charge in [0, 0.05) is 29.6 Å². The Labute approximate surface area is 176 Å². The van der Waals surface area contributed by atoms with Gasteiger partial charge < -0.3 is 4.57 Å². The standard InChI is InChI=1S/C22H17N5O4/c1-25-20-10-6-5-9-17(20)18(22(25)15-7-3-2-4-8-15)14-23-24-19-12-11-16(26(28)29)13-21(19)27(30)31/h2-14,24H,1H3. The molecule has 0 saturated carbocycles. The number of aryl methyl sites for hydroxylation is 1. The molecule has 0 radical (unpaired) electrons. The van der Waals surface area contributed by atoms with E-state index in [-0.39, 0.29) is 11.4 Å². The molecule has 3 aromatic carbocycles. The second kappa shape index (κ2) is 8.07. The number of non-ortho nitro benzene ring substituents is 1. The average molecular weight is 415 g/mol. The second-order valence-corrected chi connectivity index (χ2v) is 6.79. The maximum absolute atomic E-state index is 11.3. The first-order chi connectivity index (χ1) is 15.0. The van der Waals surface area contributed by atoms with Gasteiger partial charge in [-0.15, -0.1) is 0 Å². The quantitative estimate of drug-likeness (QED) is 0.267. The summed E-state index contributed by atoms with van der Waals surface area (Å²) in [6.07, 6.45) is 1.61. The van der Waals surface area contributed by atoms with E-state index in [0.717, 1.165) is 33.8 Å². The van der Waals surface area contributed by atoms with Crippen LogP contribution in [0.15, 0.2) is 77.9 Å². The third kappa shape index (κ3) is 3.71. The predicted molar refractivity (Wildman–Crippen MR) is 119 cm³/mol. The molecule has 0 saturated heterocycles. The summed E-state index contributed by atoms with van der Waals surface area (Å²) < 4.78 is 2.07. The molecule has 0 spiro atoms. The summed E-state index contributed by atoms with van der Waals surface area (Å²) in [5.74, 6) is 0. The van der Waals surface area contributed by atoms with Gasteiger partial charge in [0.1, 0.15) is 5.69 Å². The number of fused-ring (bicyclic) bond motifs is 1. The molecule has 154 valence electrons. The van der Waals surface area contributed by atoms with E-state index in [0.29, 0.717) is 0 Å². The highest BCUT2D eigenvalue weighted by atomic mass is 16.6. The van der Waals surface area contributed by atoms with Crippen LogP contribution in [0.5, 0.6) is 0 Å². The van der Waals surface area contributed by atoms with Crippen LogP contribution in [0.1, 0.15) is 5.56 Å². The Morgan fingerprint density at radius 2 is 1.65 bits per heavy atom. The predicted octanol–water partition coefficient (Wildman–Crippen LogP) is 5.11. The van der Waals surface area contributed by atoms with Crippen molar-refractivity contribution in [2.75, 3.05) is 5.43 Å². The van der Waals surface area contributed by atoms with Gasteiger partial charge in [0.05, 0.1) is 27.8 Å². The van der Waals surface area contributed by atoms with Gasteiger partial charge in [-0.3, -0.25) is 25.7 Å². The molecule has 9 nitrogen and oxygen atoms in total. The minimum atomic E-state index is -0.682. The maximum atomic E-state index is 11.3. The zero-order valence-corrected chi connectivity index (χ0v) is 16.4. The van der Waals surface area contributed by atoms with Crippen molar-refractivity contribution in [1.29, 1.82) is 0 Å². The molecule has 0 unspecified atom stereocenters. The first-order valence-electron chi connectivity index (χ1n) is 9.32. The van der Waals surface area contributed by atoms with Crippen LogP contribution in [0.2, 0.25) is 0 Å². The van der Waals surface area contributed by atoms with Crippen LogP contribution >= 0.6 is 0 Å². The van der Waals surface area contributed by atoms with Crippen LogP contribution in [0, 0.1) is 20.2 Å². The summed E-state index contributed by atoms with van der Waals surface area (Å²) in [5, 5.41) is 27.4. The minimum Gasteiger partial charge on any atom is -0.343 e. The lowest BCUT2D eigenvalue weighted by Crippen LogP contribution is -1.99. The Bertz CT molecular complexity index is 1330. The molecule has 1 heterocycles. The molecular formula is C22H17N5O4. The van der Waals surface area contributed by atoms with Crippen LogP contribution in [0.4, 0.5) is 17.1 Å². The van der Waals surface area contributed by atoms with Gasteiger partial charge in [-0.2, -0.15) is 5.10 Å².